The van der Waals surface area contributed by atoms with Gasteiger partial charge in [0, 0.05) is 18.0 Å². The summed E-state index contributed by atoms with van der Waals surface area (Å²) in [5, 5.41) is 10.6. The van der Waals surface area contributed by atoms with Crippen LogP contribution >= 0.6 is 0 Å². The molecule has 1 unspecified atom stereocenters. The third-order valence-electron chi connectivity index (χ3n) is 2.25. The van der Waals surface area contributed by atoms with Crippen molar-refractivity contribution in [3.8, 4) is 0 Å². The van der Waals surface area contributed by atoms with Crippen LogP contribution in [0.2, 0.25) is 0 Å². The average molecular weight is 188 g/mol. The van der Waals surface area contributed by atoms with E-state index in [1.54, 1.807) is 0 Å². The first-order chi connectivity index (χ1) is 6.25. The third-order valence-corrected chi connectivity index (χ3v) is 2.25. The maximum absolute atomic E-state index is 10.6. The Morgan fingerprint density at radius 2 is 2.46 bits per heavy atom. The number of hydrogen-bond acceptors (Lipinski definition) is 4. The first-order valence-corrected chi connectivity index (χ1v) is 4.71. The van der Waals surface area contributed by atoms with Gasteiger partial charge >= 0.3 is 0 Å². The lowest BCUT2D eigenvalue weighted by molar-refractivity contribution is -0.559. The molecular weight excluding hydrogens is 172 g/mol. The van der Waals surface area contributed by atoms with E-state index in [0.717, 1.165) is 19.4 Å². The largest absolute Gasteiger partial charge is 0.371 e. The summed E-state index contributed by atoms with van der Waals surface area (Å²) >= 11 is 0. The van der Waals surface area contributed by atoms with Crippen LogP contribution in [0, 0.1) is 10.1 Å². The van der Waals surface area contributed by atoms with E-state index in [2.05, 4.69) is 6.92 Å². The fraction of sp³-hybridized carbons (Fsp3) is 1.00. The number of nitrogens with zero attached hydrogens (tertiary/aromatic N) is 2. The van der Waals surface area contributed by atoms with E-state index in [1.807, 2.05) is 4.90 Å². The van der Waals surface area contributed by atoms with Gasteiger partial charge in [-0.25, -0.2) is 4.90 Å². The van der Waals surface area contributed by atoms with Gasteiger partial charge in [0.05, 0.1) is 6.61 Å². The molecule has 1 rings (SSSR count). The molecule has 1 aliphatic rings. The molecule has 0 aromatic rings. The predicted octanol–water partition coefficient (Wildman–Crippen LogP) is 0.722. The minimum Gasteiger partial charge on any atom is -0.371 e. The van der Waals surface area contributed by atoms with Crippen molar-refractivity contribution in [3.63, 3.8) is 0 Å². The monoisotopic (exact) mass is 188 g/mol. The summed E-state index contributed by atoms with van der Waals surface area (Å²) in [6.07, 6.45) is 1.46. The summed E-state index contributed by atoms with van der Waals surface area (Å²) < 4.78 is 5.07. The zero-order valence-electron chi connectivity index (χ0n) is 7.94. The molecule has 0 aromatic carbocycles. The van der Waals surface area contributed by atoms with Gasteiger partial charge in [-0.1, -0.05) is 13.3 Å². The Hall–Kier alpha value is -0.680. The molecule has 5 heteroatoms. The first kappa shape index (κ1) is 10.4. The Bertz CT molecular complexity index is 175. The van der Waals surface area contributed by atoms with Crippen molar-refractivity contribution in [1.82, 2.24) is 4.90 Å². The molecule has 0 N–H and O–H groups in total. The summed E-state index contributed by atoms with van der Waals surface area (Å²) in [4.78, 5) is 12.3. The Morgan fingerprint density at radius 1 is 1.69 bits per heavy atom. The van der Waals surface area contributed by atoms with Gasteiger partial charge in [-0.15, -0.1) is 0 Å². The fourth-order valence-corrected chi connectivity index (χ4v) is 1.44. The van der Waals surface area contributed by atoms with E-state index < -0.39 is 6.17 Å². The van der Waals surface area contributed by atoms with Crippen molar-refractivity contribution in [1.29, 1.82) is 0 Å². The van der Waals surface area contributed by atoms with Gasteiger partial charge in [-0.3, -0.25) is 10.1 Å². The smallest absolute Gasteiger partial charge is 0.291 e. The molecule has 13 heavy (non-hydrogen) atoms. The highest BCUT2D eigenvalue weighted by Crippen LogP contribution is 2.08. The van der Waals surface area contributed by atoms with E-state index >= 15 is 0 Å². The number of nitro groups is 1. The lowest BCUT2D eigenvalue weighted by atomic mass is 10.3. The fourth-order valence-electron chi connectivity index (χ4n) is 1.44. The second kappa shape index (κ2) is 5.14. The molecule has 1 fully saturated rings. The second-order valence-electron chi connectivity index (χ2n) is 3.23. The summed E-state index contributed by atoms with van der Waals surface area (Å²) in [7, 11) is 0. The zero-order valence-corrected chi connectivity index (χ0v) is 7.94. The van der Waals surface area contributed by atoms with Crippen molar-refractivity contribution >= 4 is 0 Å². The van der Waals surface area contributed by atoms with E-state index in [1.165, 1.54) is 0 Å². The van der Waals surface area contributed by atoms with Crippen molar-refractivity contribution in [2.24, 2.45) is 0 Å². The minimum absolute atomic E-state index is 0.233. The van der Waals surface area contributed by atoms with Gasteiger partial charge < -0.3 is 4.74 Å². The molecule has 5 nitrogen and oxygen atoms in total. The van der Waals surface area contributed by atoms with Gasteiger partial charge in [0.15, 0.2) is 0 Å². The quantitative estimate of drug-likeness (QED) is 0.482. The van der Waals surface area contributed by atoms with E-state index in [9.17, 15) is 10.1 Å². The molecule has 1 atom stereocenters. The highest BCUT2D eigenvalue weighted by Gasteiger charge is 2.31. The number of rotatable bonds is 4. The van der Waals surface area contributed by atoms with Crippen LogP contribution < -0.4 is 0 Å². The molecule has 0 bridgehead atoms. The molecule has 0 radical (unpaired) electrons. The predicted molar refractivity (Wildman–Crippen MR) is 48.1 cm³/mol. The van der Waals surface area contributed by atoms with E-state index in [-0.39, 0.29) is 11.5 Å². The highest BCUT2D eigenvalue weighted by molar-refractivity contribution is 4.66. The Kier molecular flexibility index (Phi) is 4.11. The second-order valence-corrected chi connectivity index (χ2v) is 3.23. The molecule has 0 spiro atoms. The molecule has 1 aliphatic heterocycles. The van der Waals surface area contributed by atoms with Crippen molar-refractivity contribution < 1.29 is 9.66 Å². The number of morpholine rings is 1. The summed E-state index contributed by atoms with van der Waals surface area (Å²) in [5.74, 6) is 0. The zero-order chi connectivity index (χ0) is 9.68. The van der Waals surface area contributed by atoms with Crippen molar-refractivity contribution in [2.75, 3.05) is 26.3 Å². The summed E-state index contributed by atoms with van der Waals surface area (Å²) in [6, 6.07) is 0. The lowest BCUT2D eigenvalue weighted by Gasteiger charge is -2.29. The topological polar surface area (TPSA) is 55.6 Å². The van der Waals surface area contributed by atoms with Crippen LogP contribution in [0.1, 0.15) is 19.8 Å². The SMILES string of the molecule is CCCCN1CCOCC1[N+](=O)[O-]. The van der Waals surface area contributed by atoms with Gasteiger partial charge in [-0.2, -0.15) is 0 Å². The van der Waals surface area contributed by atoms with Gasteiger partial charge in [-0.05, 0) is 6.42 Å². The lowest BCUT2D eigenvalue weighted by Crippen LogP contribution is -2.49. The molecule has 76 valence electrons. The van der Waals surface area contributed by atoms with Crippen LogP contribution in [0.15, 0.2) is 0 Å². The van der Waals surface area contributed by atoms with E-state index in [0.29, 0.717) is 13.2 Å². The Labute approximate surface area is 77.8 Å². The summed E-state index contributed by atoms with van der Waals surface area (Å²) in [6.45, 7) is 4.43. The molecule has 1 saturated heterocycles. The molecule has 0 amide bonds. The average Bonchev–Trinajstić information content (AvgIpc) is 2.15. The van der Waals surface area contributed by atoms with Crippen LogP contribution in [0.25, 0.3) is 0 Å². The number of hydrogen-bond donors (Lipinski definition) is 0. The van der Waals surface area contributed by atoms with Crippen LogP contribution in [0.4, 0.5) is 0 Å². The van der Waals surface area contributed by atoms with Crippen LogP contribution in [0.3, 0.4) is 0 Å². The van der Waals surface area contributed by atoms with Gasteiger partial charge in [0.2, 0.25) is 0 Å². The van der Waals surface area contributed by atoms with Gasteiger partial charge in [0.1, 0.15) is 6.61 Å². The standard InChI is InChI=1S/C8H16N2O3/c1-2-3-4-9-5-6-13-7-8(9)10(11)12/h8H,2-7H2,1H3. The van der Waals surface area contributed by atoms with Crippen LogP contribution in [-0.4, -0.2) is 42.3 Å². The van der Waals surface area contributed by atoms with Crippen LogP contribution in [0.5, 0.6) is 0 Å². The Morgan fingerprint density at radius 3 is 3.08 bits per heavy atom. The molecule has 0 saturated carbocycles. The molecular formula is C8H16N2O3. The maximum atomic E-state index is 10.6. The Balaban J connectivity index is 2.41. The highest BCUT2D eigenvalue weighted by atomic mass is 16.6. The van der Waals surface area contributed by atoms with Gasteiger partial charge in [0.25, 0.3) is 6.17 Å². The normalized spacial score (nSPS) is 24.5. The van der Waals surface area contributed by atoms with Crippen LogP contribution in [-0.2, 0) is 4.74 Å². The van der Waals surface area contributed by atoms with E-state index in [4.69, 9.17) is 4.74 Å². The summed E-state index contributed by atoms with van der Waals surface area (Å²) in [5.41, 5.74) is 0. The molecule has 1 heterocycles. The number of ether oxygens (including phenoxy) is 1. The first-order valence-electron chi connectivity index (χ1n) is 4.71. The van der Waals surface area contributed by atoms with Crippen molar-refractivity contribution in [3.05, 3.63) is 10.1 Å². The number of unbranched alkanes of at least 4 members (excludes halogenated alkanes) is 1. The molecule has 0 aliphatic carbocycles. The minimum atomic E-state index is -0.625. The maximum Gasteiger partial charge on any atom is 0.291 e. The van der Waals surface area contributed by atoms with Crippen molar-refractivity contribution in [2.45, 2.75) is 25.9 Å². The third kappa shape index (κ3) is 2.93. The molecule has 0 aromatic heterocycles.